The van der Waals surface area contributed by atoms with Gasteiger partial charge >= 0.3 is 12.3 Å². The van der Waals surface area contributed by atoms with Crippen molar-refractivity contribution in [2.24, 2.45) is 28.2 Å². The smallest absolute Gasteiger partial charge is 0.416 e. The van der Waals surface area contributed by atoms with Gasteiger partial charge in [-0.1, -0.05) is 39.8 Å². The Balaban J connectivity index is 1.53. The average Bonchev–Trinajstić information content (AvgIpc) is 3.31. The van der Waals surface area contributed by atoms with Crippen LogP contribution in [0.25, 0.3) is 0 Å². The van der Waals surface area contributed by atoms with Crippen LogP contribution in [0.1, 0.15) is 83.8 Å². The summed E-state index contributed by atoms with van der Waals surface area (Å²) in [4.78, 5) is 47.0. The van der Waals surface area contributed by atoms with Gasteiger partial charge in [0.05, 0.1) is 29.1 Å². The second-order valence-corrected chi connectivity index (χ2v) is 15.3. The van der Waals surface area contributed by atoms with Crippen LogP contribution in [0, 0.1) is 23.2 Å². The second-order valence-electron chi connectivity index (χ2n) is 14.3. The van der Waals surface area contributed by atoms with Crippen molar-refractivity contribution in [1.29, 1.82) is 0 Å². The maximum atomic E-state index is 13.7. The molecule has 8 nitrogen and oxygen atoms in total. The molecule has 3 aliphatic rings. The number of benzene rings is 1. The minimum absolute atomic E-state index is 0.0417. The highest BCUT2D eigenvalue weighted by molar-refractivity contribution is 8.14. The number of nitrogens with one attached hydrogen (secondary N) is 2. The first-order chi connectivity index (χ1) is 22.5. The molecule has 4 rings (SSSR count). The fraction of sp³-hybridized carbons (Fsp3) is 0.611. The number of halogens is 3. The van der Waals surface area contributed by atoms with Crippen molar-refractivity contribution in [3.63, 3.8) is 0 Å². The number of nitrogens with zero attached hydrogens (tertiary/aromatic N) is 2. The number of alkyl halides is 3. The van der Waals surface area contributed by atoms with Gasteiger partial charge in [-0.3, -0.25) is 19.9 Å². The molecular formula is C36H49F3N4O4S. The van der Waals surface area contributed by atoms with E-state index in [9.17, 15) is 27.6 Å². The third-order valence-electron chi connectivity index (χ3n) is 9.86. The lowest BCUT2D eigenvalue weighted by Crippen LogP contribution is -2.45. The van der Waals surface area contributed by atoms with Gasteiger partial charge in [-0.25, -0.2) is 4.79 Å². The molecule has 1 unspecified atom stereocenters. The van der Waals surface area contributed by atoms with Gasteiger partial charge < -0.3 is 15.0 Å². The second kappa shape index (κ2) is 15.1. The maximum absolute atomic E-state index is 13.7. The molecule has 2 aliphatic carbocycles. The number of carbonyl (C=O) groups excluding carboxylic acids is 3. The zero-order valence-electron chi connectivity index (χ0n) is 28.6. The molecule has 0 bridgehead atoms. The highest BCUT2D eigenvalue weighted by Crippen LogP contribution is 2.48. The molecule has 2 fully saturated rings. The van der Waals surface area contributed by atoms with Crippen molar-refractivity contribution in [1.82, 2.24) is 10.2 Å². The van der Waals surface area contributed by atoms with Crippen molar-refractivity contribution in [2.45, 2.75) is 96.5 Å². The average molecular weight is 691 g/mol. The van der Waals surface area contributed by atoms with Crippen molar-refractivity contribution < 1.29 is 32.3 Å². The van der Waals surface area contributed by atoms with Gasteiger partial charge in [-0.05, 0) is 68.6 Å². The van der Waals surface area contributed by atoms with E-state index in [0.29, 0.717) is 29.3 Å². The molecule has 6 atom stereocenters. The Labute approximate surface area is 286 Å². The number of rotatable bonds is 13. The van der Waals surface area contributed by atoms with Crippen LogP contribution in [0.5, 0.6) is 0 Å². The number of carbonyl (C=O) groups is 3. The van der Waals surface area contributed by atoms with Gasteiger partial charge in [0.25, 0.3) is 0 Å². The van der Waals surface area contributed by atoms with Gasteiger partial charge in [-0.15, -0.1) is 24.9 Å². The van der Waals surface area contributed by atoms with Gasteiger partial charge in [0, 0.05) is 36.4 Å². The van der Waals surface area contributed by atoms with Crippen LogP contribution in [0.15, 0.2) is 48.5 Å². The maximum Gasteiger partial charge on any atom is 0.416 e. The zero-order chi connectivity index (χ0) is 35.4. The number of unbranched alkanes of at least 4 members (excludes halogenated alkanes) is 2. The van der Waals surface area contributed by atoms with E-state index in [1.165, 1.54) is 17.8 Å². The van der Waals surface area contributed by atoms with Crippen LogP contribution in [0.4, 0.5) is 23.7 Å². The standard InChI is InChI=1S/C36H49F3N4O4S/c1-8-11-12-13-16-43(7)32(45)27-19-24(18-26(27)30(44)42-35(10-3)20-22(35)9-2)47-33(46)40-28-17-23(36(37,38)39)14-15-25(28)31-41-29(21-48-31)34(4,5)6/h8-9,14-15,17,22,24,26-27,29H,1-2,10-13,16,18-21H2,3-7H3,(H,40,46)(H,42,44)/t22-,24-,26-,27-,29?,35-/m1/s1. The van der Waals surface area contributed by atoms with E-state index in [1.807, 2.05) is 39.8 Å². The van der Waals surface area contributed by atoms with Crippen molar-refractivity contribution in [3.8, 4) is 0 Å². The summed E-state index contributed by atoms with van der Waals surface area (Å²) in [7, 11) is 1.71. The Hall–Kier alpha value is -3.28. The first kappa shape index (κ1) is 37.5. The minimum atomic E-state index is -4.63. The summed E-state index contributed by atoms with van der Waals surface area (Å²) in [5, 5.41) is 6.23. The summed E-state index contributed by atoms with van der Waals surface area (Å²) in [6.07, 6.45) is 1.49. The number of amides is 3. The number of aliphatic imine (C=N–C) groups is 1. The molecule has 0 radical (unpaired) electrons. The molecule has 1 heterocycles. The monoisotopic (exact) mass is 690 g/mol. The number of hydrogen-bond acceptors (Lipinski definition) is 6. The Morgan fingerprint density at radius 2 is 1.85 bits per heavy atom. The molecule has 2 N–H and O–H groups in total. The number of anilines is 1. The molecule has 0 saturated heterocycles. The number of allylic oxidation sites excluding steroid dienone is 1. The van der Waals surface area contributed by atoms with E-state index in [1.54, 1.807) is 11.9 Å². The molecule has 3 amide bonds. The lowest BCUT2D eigenvalue weighted by atomic mass is 9.88. The molecule has 12 heteroatoms. The van der Waals surface area contributed by atoms with Gasteiger partial charge in [0.1, 0.15) is 11.1 Å². The Morgan fingerprint density at radius 3 is 2.44 bits per heavy atom. The van der Waals surface area contributed by atoms with E-state index >= 15 is 0 Å². The molecule has 0 aromatic heterocycles. The largest absolute Gasteiger partial charge is 0.446 e. The predicted molar refractivity (Wildman–Crippen MR) is 185 cm³/mol. The molecule has 0 spiro atoms. The van der Waals surface area contributed by atoms with Crippen molar-refractivity contribution in [2.75, 3.05) is 24.7 Å². The fourth-order valence-corrected chi connectivity index (χ4v) is 7.99. The van der Waals surface area contributed by atoms with E-state index in [2.05, 4.69) is 23.8 Å². The third kappa shape index (κ3) is 8.84. The van der Waals surface area contributed by atoms with Gasteiger partial charge in [0.15, 0.2) is 0 Å². The first-order valence-electron chi connectivity index (χ1n) is 16.7. The summed E-state index contributed by atoms with van der Waals surface area (Å²) < 4.78 is 46.9. The summed E-state index contributed by atoms with van der Waals surface area (Å²) in [5.74, 6) is -1.11. The molecule has 1 aromatic carbocycles. The molecular weight excluding hydrogens is 641 g/mol. The topological polar surface area (TPSA) is 100 Å². The summed E-state index contributed by atoms with van der Waals surface area (Å²) in [6, 6.07) is 3.14. The molecule has 48 heavy (non-hydrogen) atoms. The van der Waals surface area contributed by atoms with Crippen LogP contribution >= 0.6 is 11.8 Å². The highest BCUT2D eigenvalue weighted by atomic mass is 32.2. The highest BCUT2D eigenvalue weighted by Gasteiger charge is 2.54. The van der Waals surface area contributed by atoms with E-state index in [-0.39, 0.29) is 47.7 Å². The molecule has 1 aromatic rings. The zero-order valence-corrected chi connectivity index (χ0v) is 29.4. The lowest BCUT2D eigenvalue weighted by Gasteiger charge is -2.26. The number of ether oxygens (including phenoxy) is 1. The normalized spacial score (nSPS) is 26.8. The van der Waals surface area contributed by atoms with Crippen LogP contribution in [0.2, 0.25) is 0 Å². The number of thioether (sulfide) groups is 1. The number of hydrogen-bond donors (Lipinski definition) is 2. The lowest BCUT2D eigenvalue weighted by molar-refractivity contribution is -0.140. The van der Waals surface area contributed by atoms with Crippen LogP contribution in [-0.2, 0) is 20.5 Å². The van der Waals surface area contributed by atoms with Crippen LogP contribution in [0.3, 0.4) is 0 Å². The summed E-state index contributed by atoms with van der Waals surface area (Å²) >= 11 is 1.43. The SMILES string of the molecule is C=CCCCCN(C)C(=O)[C@@H]1C[C@H](OC(=O)Nc2cc(C(F)(F)F)ccc2C2=NC(C(C)(C)C)CS2)C[C@H]1C(=O)N[C@]1(CC)C[C@H]1C=C. The Bertz CT molecular complexity index is 1420. The summed E-state index contributed by atoms with van der Waals surface area (Å²) in [6.45, 7) is 16.3. The van der Waals surface area contributed by atoms with Crippen molar-refractivity contribution >= 4 is 40.4 Å². The quantitative estimate of drug-likeness (QED) is 0.162. The van der Waals surface area contributed by atoms with E-state index in [4.69, 9.17) is 9.73 Å². The predicted octanol–water partition coefficient (Wildman–Crippen LogP) is 7.84. The summed E-state index contributed by atoms with van der Waals surface area (Å²) in [5.41, 5.74) is -1.15. The molecule has 264 valence electrons. The van der Waals surface area contributed by atoms with Crippen molar-refractivity contribution in [3.05, 3.63) is 54.6 Å². The van der Waals surface area contributed by atoms with Crippen LogP contribution < -0.4 is 10.6 Å². The third-order valence-corrected chi connectivity index (χ3v) is 10.9. The Morgan fingerprint density at radius 1 is 1.15 bits per heavy atom. The van der Waals surface area contributed by atoms with Gasteiger partial charge in [-0.2, -0.15) is 13.2 Å². The van der Waals surface area contributed by atoms with Crippen LogP contribution in [-0.4, -0.2) is 64.9 Å². The van der Waals surface area contributed by atoms with E-state index in [0.717, 1.165) is 37.8 Å². The Kier molecular flexibility index (Phi) is 11.8. The molecule has 1 aliphatic heterocycles. The van der Waals surface area contributed by atoms with E-state index < -0.39 is 41.3 Å². The van der Waals surface area contributed by atoms with Gasteiger partial charge in [0.2, 0.25) is 11.8 Å². The molecule has 2 saturated carbocycles. The first-order valence-corrected chi connectivity index (χ1v) is 17.7. The minimum Gasteiger partial charge on any atom is -0.446 e. The fourth-order valence-electron chi connectivity index (χ4n) is 6.57.